The summed E-state index contributed by atoms with van der Waals surface area (Å²) in [5, 5.41) is 25.1. The monoisotopic (exact) mass is 335 g/mol. The number of benzene rings is 1. The predicted molar refractivity (Wildman–Crippen MR) is 79.8 cm³/mol. The third-order valence-electron chi connectivity index (χ3n) is 1.61. The minimum Gasteiger partial charge on any atom is -0.481 e. The van der Waals surface area contributed by atoms with Crippen molar-refractivity contribution in [3.63, 3.8) is 0 Å². The summed E-state index contributed by atoms with van der Waals surface area (Å²) < 4.78 is 0. The van der Waals surface area contributed by atoms with E-state index in [1.807, 2.05) is 0 Å². The molecule has 0 aromatic heterocycles. The Morgan fingerprint density at radius 1 is 1.43 bits per heavy atom. The van der Waals surface area contributed by atoms with Crippen LogP contribution in [0.3, 0.4) is 0 Å². The van der Waals surface area contributed by atoms with Gasteiger partial charge in [0.05, 0.1) is 16.7 Å². The first-order valence-electron chi connectivity index (χ1n) is 5.10. The molecule has 0 amide bonds. The van der Waals surface area contributed by atoms with Gasteiger partial charge in [-0.3, -0.25) is 14.9 Å². The van der Waals surface area contributed by atoms with Gasteiger partial charge in [0, 0.05) is 11.9 Å². The molecule has 0 aliphatic heterocycles. The molecule has 1 aromatic carbocycles. The third-order valence-corrected chi connectivity index (χ3v) is 2.12. The topological polar surface area (TPSA) is 157 Å². The molecular formula is C10H11Cl2N5O4. The highest BCUT2D eigenvalue weighted by atomic mass is 35.5. The Kier molecular flexibility index (Phi) is 7.72. The first-order valence-corrected chi connectivity index (χ1v) is 5.85. The lowest BCUT2D eigenvalue weighted by molar-refractivity contribution is -0.384. The van der Waals surface area contributed by atoms with Crippen molar-refractivity contribution in [2.24, 2.45) is 21.7 Å². The highest BCUT2D eigenvalue weighted by Crippen LogP contribution is 2.30. The lowest BCUT2D eigenvalue weighted by atomic mass is 10.2. The van der Waals surface area contributed by atoms with Gasteiger partial charge in [0.1, 0.15) is 5.02 Å². The van der Waals surface area contributed by atoms with Crippen molar-refractivity contribution in [3.8, 4) is 0 Å². The fourth-order valence-corrected chi connectivity index (χ4v) is 1.61. The first-order chi connectivity index (χ1) is 9.65. The molecule has 5 N–H and O–H groups in total. The molecule has 21 heavy (non-hydrogen) atoms. The number of guanidine groups is 1. The van der Waals surface area contributed by atoms with Crippen LogP contribution in [0.1, 0.15) is 12.5 Å². The van der Waals surface area contributed by atoms with E-state index >= 15 is 0 Å². The molecule has 1 aromatic rings. The standard InChI is InChI=1S/C8H7Cl2N5O2.C2H4O2/c9-5-1-4(3-13-14-8(11)12)7(15(16)17)6(10)2-5;1-2(3)4/h1-3H,(H4,11,12,14);1H3,(H,3,4)/b13-3+;. The lowest BCUT2D eigenvalue weighted by Gasteiger charge is -2.00. The van der Waals surface area contributed by atoms with E-state index in [1.165, 1.54) is 12.1 Å². The van der Waals surface area contributed by atoms with Crippen molar-refractivity contribution < 1.29 is 14.8 Å². The van der Waals surface area contributed by atoms with Gasteiger partial charge in [0.15, 0.2) is 0 Å². The van der Waals surface area contributed by atoms with Crippen LogP contribution in [-0.2, 0) is 4.79 Å². The maximum atomic E-state index is 10.8. The molecule has 114 valence electrons. The van der Waals surface area contributed by atoms with Crippen molar-refractivity contribution in [2.75, 3.05) is 0 Å². The van der Waals surface area contributed by atoms with Gasteiger partial charge in [-0.05, 0) is 12.1 Å². The fraction of sp³-hybridized carbons (Fsp3) is 0.100. The van der Waals surface area contributed by atoms with Crippen LogP contribution >= 0.6 is 23.2 Å². The van der Waals surface area contributed by atoms with Gasteiger partial charge in [-0.2, -0.15) is 5.10 Å². The maximum Gasteiger partial charge on any atom is 0.300 e. The Balaban J connectivity index is 0.000000885. The zero-order valence-corrected chi connectivity index (χ0v) is 12.2. The minimum absolute atomic E-state index is 0.0892. The molecule has 0 unspecified atom stereocenters. The number of nitrogens with zero attached hydrogens (tertiary/aromatic N) is 3. The molecule has 0 bridgehead atoms. The molecular weight excluding hydrogens is 325 g/mol. The zero-order valence-electron chi connectivity index (χ0n) is 10.7. The van der Waals surface area contributed by atoms with E-state index in [-0.39, 0.29) is 27.3 Å². The summed E-state index contributed by atoms with van der Waals surface area (Å²) in [6.45, 7) is 1.08. The van der Waals surface area contributed by atoms with E-state index in [0.717, 1.165) is 13.1 Å². The minimum atomic E-state index is -0.833. The summed E-state index contributed by atoms with van der Waals surface area (Å²) in [5.74, 6) is -1.10. The molecule has 0 atom stereocenters. The predicted octanol–water partition coefficient (Wildman–Crippen LogP) is 1.60. The summed E-state index contributed by atoms with van der Waals surface area (Å²) in [4.78, 5) is 19.1. The molecule has 0 aliphatic rings. The Bertz CT molecular complexity index is 595. The Morgan fingerprint density at radius 3 is 2.38 bits per heavy atom. The van der Waals surface area contributed by atoms with E-state index in [1.54, 1.807) is 0 Å². The molecule has 0 saturated carbocycles. The summed E-state index contributed by atoms with van der Waals surface area (Å²) in [5.41, 5.74) is 9.88. The lowest BCUT2D eigenvalue weighted by Crippen LogP contribution is -2.21. The van der Waals surface area contributed by atoms with Crippen molar-refractivity contribution in [2.45, 2.75) is 6.92 Å². The largest absolute Gasteiger partial charge is 0.481 e. The van der Waals surface area contributed by atoms with Gasteiger partial charge in [-0.15, -0.1) is 5.10 Å². The number of carboxylic acids is 1. The number of carboxylic acid groups (broad SMARTS) is 1. The highest BCUT2D eigenvalue weighted by Gasteiger charge is 2.18. The van der Waals surface area contributed by atoms with Crippen LogP contribution in [0.4, 0.5) is 5.69 Å². The van der Waals surface area contributed by atoms with Crippen molar-refractivity contribution >= 4 is 47.0 Å². The molecule has 0 saturated heterocycles. The van der Waals surface area contributed by atoms with E-state index in [2.05, 4.69) is 10.2 Å². The number of rotatable bonds is 3. The molecule has 0 spiro atoms. The molecule has 1 rings (SSSR count). The molecule has 11 heteroatoms. The van der Waals surface area contributed by atoms with E-state index < -0.39 is 10.9 Å². The Hall–Kier alpha value is -2.39. The van der Waals surface area contributed by atoms with E-state index in [0.29, 0.717) is 0 Å². The number of halogens is 2. The van der Waals surface area contributed by atoms with Crippen LogP contribution in [0.2, 0.25) is 10.0 Å². The van der Waals surface area contributed by atoms with Crippen LogP contribution in [0.25, 0.3) is 0 Å². The molecule has 0 heterocycles. The van der Waals surface area contributed by atoms with Gasteiger partial charge in [0.2, 0.25) is 5.96 Å². The van der Waals surface area contributed by atoms with Gasteiger partial charge >= 0.3 is 0 Å². The van der Waals surface area contributed by atoms with Gasteiger partial charge in [0.25, 0.3) is 11.7 Å². The second-order valence-electron chi connectivity index (χ2n) is 3.37. The quantitative estimate of drug-likeness (QED) is 0.329. The van der Waals surface area contributed by atoms with Crippen molar-refractivity contribution in [1.82, 2.24) is 0 Å². The smallest absolute Gasteiger partial charge is 0.300 e. The van der Waals surface area contributed by atoms with Crippen molar-refractivity contribution in [1.29, 1.82) is 0 Å². The van der Waals surface area contributed by atoms with Crippen LogP contribution in [-0.4, -0.2) is 28.2 Å². The van der Waals surface area contributed by atoms with Gasteiger partial charge < -0.3 is 16.6 Å². The number of nitrogens with two attached hydrogens (primary N) is 2. The highest BCUT2D eigenvalue weighted by molar-refractivity contribution is 6.36. The SMILES string of the molecule is CC(=O)O.NC(N)=N/N=C/c1cc(Cl)cc(Cl)c1[N+](=O)[O-]. The summed E-state index contributed by atoms with van der Waals surface area (Å²) >= 11 is 11.4. The average Bonchev–Trinajstić information content (AvgIpc) is 2.25. The van der Waals surface area contributed by atoms with E-state index in [9.17, 15) is 10.1 Å². The van der Waals surface area contributed by atoms with Gasteiger partial charge in [-0.1, -0.05) is 23.2 Å². The molecule has 9 nitrogen and oxygen atoms in total. The Morgan fingerprint density at radius 2 is 1.95 bits per heavy atom. The summed E-state index contributed by atoms with van der Waals surface area (Å²) in [6, 6.07) is 2.59. The number of nitro groups is 1. The first kappa shape index (κ1) is 18.6. The zero-order chi connectivity index (χ0) is 16.6. The van der Waals surface area contributed by atoms with Crippen molar-refractivity contribution in [3.05, 3.63) is 37.9 Å². The Labute approximate surface area is 129 Å². The van der Waals surface area contributed by atoms with Gasteiger partial charge in [-0.25, -0.2) is 0 Å². The average molecular weight is 336 g/mol. The number of hydrogen-bond acceptors (Lipinski definition) is 5. The molecule has 0 aliphatic carbocycles. The molecule has 0 radical (unpaired) electrons. The maximum absolute atomic E-state index is 10.8. The third kappa shape index (κ3) is 7.70. The number of nitro benzene ring substituents is 1. The second-order valence-corrected chi connectivity index (χ2v) is 4.21. The molecule has 0 fully saturated rings. The second kappa shape index (κ2) is 8.72. The van der Waals surface area contributed by atoms with Crippen LogP contribution in [0.5, 0.6) is 0 Å². The van der Waals surface area contributed by atoms with Crippen LogP contribution in [0.15, 0.2) is 22.3 Å². The van der Waals surface area contributed by atoms with Crippen LogP contribution < -0.4 is 11.5 Å². The normalized spacial score (nSPS) is 9.67. The summed E-state index contributed by atoms with van der Waals surface area (Å²) in [7, 11) is 0. The number of carbonyl (C=O) groups is 1. The van der Waals surface area contributed by atoms with E-state index in [4.69, 9.17) is 44.6 Å². The van der Waals surface area contributed by atoms with Crippen LogP contribution in [0, 0.1) is 10.1 Å². The fourth-order valence-electron chi connectivity index (χ4n) is 1.03. The number of aliphatic carboxylic acids is 1. The number of hydrogen-bond donors (Lipinski definition) is 3. The summed E-state index contributed by atoms with van der Waals surface area (Å²) in [6.07, 6.45) is 1.09.